The maximum absolute atomic E-state index is 13.0. The maximum atomic E-state index is 13.0. The molecule has 1 N–H and O–H groups in total. The fourth-order valence-corrected chi connectivity index (χ4v) is 7.72. The van der Waals surface area contributed by atoms with Crippen molar-refractivity contribution in [1.82, 2.24) is 10.3 Å². The van der Waals surface area contributed by atoms with Crippen LogP contribution < -0.4 is 10.1 Å². The van der Waals surface area contributed by atoms with Gasteiger partial charge in [-0.05, 0) is 35.9 Å². The van der Waals surface area contributed by atoms with E-state index in [0.717, 1.165) is 5.56 Å². The summed E-state index contributed by atoms with van der Waals surface area (Å²) < 4.78 is 55.2. The Morgan fingerprint density at radius 3 is 2.54 bits per heavy atom. The Morgan fingerprint density at radius 2 is 1.92 bits per heavy atom. The molecule has 7 nitrogen and oxygen atoms in total. The van der Waals surface area contributed by atoms with Crippen LogP contribution in [0.15, 0.2) is 53.7 Å². The lowest BCUT2D eigenvalue weighted by Gasteiger charge is -2.20. The monoisotopic (exact) mass is 396 g/mol. The molecule has 0 unspecified atom stereocenters. The Labute approximate surface area is 153 Å². The number of rotatable bonds is 6. The van der Waals surface area contributed by atoms with Crippen molar-refractivity contribution >= 4 is 19.7 Å². The number of hydrogen-bond acceptors (Lipinski definition) is 7. The maximum Gasteiger partial charge on any atom is 0.183 e. The van der Waals surface area contributed by atoms with Gasteiger partial charge >= 0.3 is 0 Å². The van der Waals surface area contributed by atoms with E-state index < -0.39 is 31.0 Å². The molecule has 0 spiro atoms. The standard InChI is InChI=1S/C17H20N2O5S2/c1-24-14-4-6-15(7-5-14)26(22,23)17-12-25(20,21)11-16(17)19-10-13-3-2-8-18-9-13/h2-9,16-17,19H,10-12H2,1H3/t16-,17-/m0/s1. The molecule has 9 heteroatoms. The number of nitrogens with one attached hydrogen (secondary N) is 1. The van der Waals surface area contributed by atoms with Gasteiger partial charge in [0, 0.05) is 25.0 Å². The Balaban J connectivity index is 1.84. The van der Waals surface area contributed by atoms with E-state index in [2.05, 4.69) is 10.3 Å². The second-order valence-electron chi connectivity index (χ2n) is 6.18. The number of ether oxygens (including phenoxy) is 1. The molecule has 1 aliphatic rings. The highest BCUT2D eigenvalue weighted by molar-refractivity contribution is 7.96. The SMILES string of the molecule is COc1ccc(S(=O)(=O)[C@H]2CS(=O)(=O)C[C@@H]2NCc2cccnc2)cc1. The average molecular weight is 396 g/mol. The van der Waals surface area contributed by atoms with Crippen molar-refractivity contribution in [2.45, 2.75) is 22.7 Å². The third-order valence-corrected chi connectivity index (χ3v) is 8.54. The summed E-state index contributed by atoms with van der Waals surface area (Å²) in [6, 6.07) is 8.93. The van der Waals surface area contributed by atoms with Crippen LogP contribution >= 0.6 is 0 Å². The number of pyridine rings is 1. The summed E-state index contributed by atoms with van der Waals surface area (Å²) in [7, 11) is -5.74. The van der Waals surface area contributed by atoms with Crippen LogP contribution in [0.3, 0.4) is 0 Å². The van der Waals surface area contributed by atoms with Gasteiger partial charge in [0.05, 0.1) is 28.8 Å². The quantitative estimate of drug-likeness (QED) is 0.771. The fourth-order valence-electron chi connectivity index (χ4n) is 3.00. The first-order valence-corrected chi connectivity index (χ1v) is 11.4. The van der Waals surface area contributed by atoms with Gasteiger partial charge in [0.25, 0.3) is 0 Å². The first kappa shape index (κ1) is 18.8. The first-order valence-electron chi connectivity index (χ1n) is 8.02. The summed E-state index contributed by atoms with van der Waals surface area (Å²) in [5, 5.41) is 2.05. The summed E-state index contributed by atoms with van der Waals surface area (Å²) >= 11 is 0. The molecule has 3 rings (SSSR count). The van der Waals surface area contributed by atoms with Gasteiger partial charge in [0.1, 0.15) is 5.75 Å². The summed E-state index contributed by atoms with van der Waals surface area (Å²) in [6.45, 7) is 0.350. The van der Waals surface area contributed by atoms with Crippen molar-refractivity contribution in [3.63, 3.8) is 0 Å². The molecule has 0 aliphatic carbocycles. The van der Waals surface area contributed by atoms with E-state index in [9.17, 15) is 16.8 Å². The smallest absolute Gasteiger partial charge is 0.183 e. The molecule has 1 aromatic carbocycles. The van der Waals surface area contributed by atoms with Crippen LogP contribution in [0.2, 0.25) is 0 Å². The van der Waals surface area contributed by atoms with Crippen molar-refractivity contribution in [3.8, 4) is 5.75 Å². The van der Waals surface area contributed by atoms with Crippen LogP contribution in [0.5, 0.6) is 5.75 Å². The lowest BCUT2D eigenvalue weighted by Crippen LogP contribution is -2.43. The summed E-state index contributed by atoms with van der Waals surface area (Å²) in [5.41, 5.74) is 0.859. The van der Waals surface area contributed by atoms with Crippen LogP contribution in [0.25, 0.3) is 0 Å². The summed E-state index contributed by atoms with van der Waals surface area (Å²) in [4.78, 5) is 4.09. The number of benzene rings is 1. The number of sulfone groups is 2. The minimum atomic E-state index is -3.80. The molecule has 0 radical (unpaired) electrons. The zero-order chi connectivity index (χ0) is 18.8. The molecule has 2 heterocycles. The van der Waals surface area contributed by atoms with E-state index in [0.29, 0.717) is 12.3 Å². The Kier molecular flexibility index (Phi) is 5.31. The Bertz CT molecular complexity index is 958. The summed E-state index contributed by atoms with van der Waals surface area (Å²) in [6.07, 6.45) is 3.30. The van der Waals surface area contributed by atoms with E-state index >= 15 is 0 Å². The Morgan fingerprint density at radius 1 is 1.19 bits per heavy atom. The van der Waals surface area contributed by atoms with Gasteiger partial charge in [-0.3, -0.25) is 4.98 Å². The molecule has 1 aromatic heterocycles. The largest absolute Gasteiger partial charge is 0.497 e. The van der Waals surface area contributed by atoms with Crippen molar-refractivity contribution in [3.05, 3.63) is 54.4 Å². The van der Waals surface area contributed by atoms with Crippen LogP contribution in [0, 0.1) is 0 Å². The van der Waals surface area contributed by atoms with Crippen LogP contribution in [0.4, 0.5) is 0 Å². The third-order valence-electron chi connectivity index (χ3n) is 4.38. The van der Waals surface area contributed by atoms with Crippen LogP contribution in [0.1, 0.15) is 5.56 Å². The van der Waals surface area contributed by atoms with Gasteiger partial charge in [-0.2, -0.15) is 0 Å². The highest BCUT2D eigenvalue weighted by Crippen LogP contribution is 2.27. The second-order valence-corrected chi connectivity index (χ2v) is 10.5. The molecule has 1 saturated heterocycles. The van der Waals surface area contributed by atoms with E-state index in [1.807, 2.05) is 6.07 Å². The van der Waals surface area contributed by atoms with E-state index in [1.165, 1.54) is 19.2 Å². The third kappa shape index (κ3) is 4.05. The van der Waals surface area contributed by atoms with Crippen molar-refractivity contribution in [2.24, 2.45) is 0 Å². The van der Waals surface area contributed by atoms with Gasteiger partial charge in [-0.25, -0.2) is 16.8 Å². The molecular formula is C17H20N2O5S2. The van der Waals surface area contributed by atoms with Gasteiger partial charge in [-0.1, -0.05) is 6.07 Å². The van der Waals surface area contributed by atoms with Crippen LogP contribution in [-0.2, 0) is 26.2 Å². The number of aromatic nitrogens is 1. The first-order chi connectivity index (χ1) is 12.3. The molecule has 1 aliphatic heterocycles. The molecule has 140 valence electrons. The predicted molar refractivity (Wildman–Crippen MR) is 97.5 cm³/mol. The molecule has 0 amide bonds. The zero-order valence-corrected chi connectivity index (χ0v) is 15.8. The van der Waals surface area contributed by atoms with Gasteiger partial charge in [-0.15, -0.1) is 0 Å². The van der Waals surface area contributed by atoms with Gasteiger partial charge in [0.2, 0.25) is 0 Å². The predicted octanol–water partition coefficient (Wildman–Crippen LogP) is 0.819. The Hall–Kier alpha value is -1.97. The molecule has 0 saturated carbocycles. The minimum absolute atomic E-state index is 0.0913. The highest BCUT2D eigenvalue weighted by Gasteiger charge is 2.45. The topological polar surface area (TPSA) is 102 Å². The fraction of sp³-hybridized carbons (Fsp3) is 0.353. The van der Waals surface area contributed by atoms with E-state index in [4.69, 9.17) is 4.74 Å². The molecule has 0 bridgehead atoms. The molecule has 1 fully saturated rings. The summed E-state index contributed by atoms with van der Waals surface area (Å²) in [5.74, 6) is -0.0476. The van der Waals surface area contributed by atoms with Gasteiger partial charge in [0.15, 0.2) is 19.7 Å². The average Bonchev–Trinajstić information content (AvgIpc) is 2.96. The van der Waals surface area contributed by atoms with E-state index in [1.54, 1.807) is 30.6 Å². The van der Waals surface area contributed by atoms with Crippen molar-refractivity contribution in [1.29, 1.82) is 0 Å². The van der Waals surface area contributed by atoms with Crippen molar-refractivity contribution in [2.75, 3.05) is 18.6 Å². The minimum Gasteiger partial charge on any atom is -0.497 e. The highest BCUT2D eigenvalue weighted by atomic mass is 32.2. The number of methoxy groups -OCH3 is 1. The lowest BCUT2D eigenvalue weighted by atomic mass is 10.2. The van der Waals surface area contributed by atoms with Gasteiger partial charge < -0.3 is 10.1 Å². The normalized spacial score (nSPS) is 22.2. The number of hydrogen-bond donors (Lipinski definition) is 1. The molecule has 2 aromatic rings. The molecule has 26 heavy (non-hydrogen) atoms. The van der Waals surface area contributed by atoms with Crippen LogP contribution in [-0.4, -0.2) is 51.7 Å². The zero-order valence-electron chi connectivity index (χ0n) is 14.2. The molecule has 2 atom stereocenters. The van der Waals surface area contributed by atoms with Crippen molar-refractivity contribution < 1.29 is 21.6 Å². The second kappa shape index (κ2) is 7.34. The lowest BCUT2D eigenvalue weighted by molar-refractivity contribution is 0.414. The number of nitrogens with zero attached hydrogens (tertiary/aromatic N) is 1. The van der Waals surface area contributed by atoms with E-state index in [-0.39, 0.29) is 16.4 Å². The molecular weight excluding hydrogens is 376 g/mol.